The number of aryl methyl sites for hydroxylation is 1. The van der Waals surface area contributed by atoms with Crippen LogP contribution in [0.5, 0.6) is 0 Å². The number of hydrogen-bond acceptors (Lipinski definition) is 2. The minimum atomic E-state index is 0.633. The van der Waals surface area contributed by atoms with Crippen molar-refractivity contribution in [2.45, 2.75) is 51.9 Å². The summed E-state index contributed by atoms with van der Waals surface area (Å²) in [6, 6.07) is 13.6. The minimum Gasteiger partial charge on any atom is -0.411 e. The molecule has 0 bridgehead atoms. The fourth-order valence-corrected chi connectivity index (χ4v) is 5.27. The Morgan fingerprint density at radius 3 is 2.87 bits per heavy atom. The molecule has 0 saturated carbocycles. The van der Waals surface area contributed by atoms with E-state index in [0.29, 0.717) is 6.42 Å². The predicted molar refractivity (Wildman–Crippen MR) is 125 cm³/mol. The van der Waals surface area contributed by atoms with Crippen LogP contribution in [0.4, 0.5) is 0 Å². The fraction of sp³-hybridized carbons (Fsp3) is 0.296. The van der Waals surface area contributed by atoms with Gasteiger partial charge in [0.25, 0.3) is 0 Å². The van der Waals surface area contributed by atoms with E-state index in [1.807, 2.05) is 6.20 Å². The number of unbranched alkanes of at least 4 members (excludes halogenated alkanes) is 3. The maximum atomic E-state index is 9.19. The zero-order valence-corrected chi connectivity index (χ0v) is 17.5. The lowest BCUT2D eigenvalue weighted by Gasteiger charge is -2.15. The first-order valence-electron chi connectivity index (χ1n) is 11.1. The summed E-state index contributed by atoms with van der Waals surface area (Å²) in [5.74, 6) is 0. The van der Waals surface area contributed by atoms with Crippen LogP contribution in [0.2, 0.25) is 0 Å². The highest BCUT2D eigenvalue weighted by Crippen LogP contribution is 2.47. The number of aromatic amines is 1. The van der Waals surface area contributed by atoms with E-state index in [-0.39, 0.29) is 0 Å². The Bertz CT molecular complexity index is 1200. The highest BCUT2D eigenvalue weighted by molar-refractivity contribution is 6.09. The third-order valence-electron chi connectivity index (χ3n) is 6.57. The minimum absolute atomic E-state index is 0.633. The van der Waals surface area contributed by atoms with Gasteiger partial charge in [0.05, 0.1) is 0 Å². The molecule has 2 aromatic carbocycles. The number of benzene rings is 2. The molecule has 152 valence electrons. The third kappa shape index (κ3) is 3.09. The maximum absolute atomic E-state index is 9.19. The van der Waals surface area contributed by atoms with E-state index in [9.17, 15) is 5.21 Å². The topological polar surface area (TPSA) is 48.4 Å². The van der Waals surface area contributed by atoms with Crippen molar-refractivity contribution in [3.05, 3.63) is 71.0 Å². The first kappa shape index (κ1) is 18.9. The molecule has 1 heterocycles. The third-order valence-corrected chi connectivity index (χ3v) is 6.57. The second-order valence-corrected chi connectivity index (χ2v) is 8.45. The second kappa shape index (κ2) is 7.98. The molecule has 2 aliphatic carbocycles. The number of nitrogens with zero attached hydrogens (tertiary/aromatic N) is 1. The molecule has 3 heteroatoms. The molecule has 0 unspecified atom stereocenters. The van der Waals surface area contributed by atoms with Crippen molar-refractivity contribution in [1.82, 2.24) is 4.98 Å². The largest absolute Gasteiger partial charge is 0.411 e. The van der Waals surface area contributed by atoms with Gasteiger partial charge in [0, 0.05) is 30.6 Å². The molecular weight excluding hydrogens is 368 g/mol. The molecule has 3 nitrogen and oxygen atoms in total. The quantitative estimate of drug-likeness (QED) is 0.133. The van der Waals surface area contributed by atoms with Gasteiger partial charge in [-0.2, -0.15) is 0 Å². The molecule has 0 fully saturated rings. The molecule has 0 amide bonds. The van der Waals surface area contributed by atoms with Crippen molar-refractivity contribution >= 4 is 17.0 Å². The van der Waals surface area contributed by atoms with Crippen LogP contribution in [-0.2, 0) is 19.3 Å². The number of rotatable bonds is 7. The number of H-pyrrole nitrogens is 1. The summed E-state index contributed by atoms with van der Waals surface area (Å²) >= 11 is 0. The predicted octanol–water partition coefficient (Wildman–Crippen LogP) is 6.97. The van der Waals surface area contributed by atoms with Gasteiger partial charge in [-0.25, -0.2) is 0 Å². The Kier molecular flexibility index (Phi) is 5.04. The van der Waals surface area contributed by atoms with E-state index >= 15 is 0 Å². The lowest BCUT2D eigenvalue weighted by Crippen LogP contribution is -1.97. The summed E-state index contributed by atoms with van der Waals surface area (Å²) in [4.78, 5) is 3.25. The zero-order chi connectivity index (χ0) is 20.5. The molecule has 0 radical (unpaired) electrons. The van der Waals surface area contributed by atoms with Gasteiger partial charge in [-0.15, -0.1) is 5.16 Å². The summed E-state index contributed by atoms with van der Waals surface area (Å²) in [7, 11) is 0. The summed E-state index contributed by atoms with van der Waals surface area (Å²) < 4.78 is 0. The monoisotopic (exact) mass is 396 g/mol. The van der Waals surface area contributed by atoms with Crippen LogP contribution in [0, 0.1) is 0 Å². The van der Waals surface area contributed by atoms with E-state index in [0.717, 1.165) is 12.8 Å². The number of pyridine rings is 1. The van der Waals surface area contributed by atoms with Crippen LogP contribution < -0.4 is 0 Å². The molecule has 0 saturated heterocycles. The van der Waals surface area contributed by atoms with E-state index in [1.54, 1.807) is 6.21 Å². The Balaban J connectivity index is 1.71. The first-order valence-corrected chi connectivity index (χ1v) is 11.1. The number of nitrogens with one attached hydrogen (secondary N) is 1. The van der Waals surface area contributed by atoms with Crippen LogP contribution in [-0.4, -0.2) is 16.4 Å². The van der Waals surface area contributed by atoms with E-state index < -0.39 is 0 Å². The lowest BCUT2D eigenvalue weighted by molar-refractivity contribution is 0.321. The molecule has 0 spiro atoms. The van der Waals surface area contributed by atoms with Crippen molar-refractivity contribution in [3.63, 3.8) is 0 Å². The van der Waals surface area contributed by atoms with Gasteiger partial charge in [0.1, 0.15) is 0 Å². The molecule has 1 aliphatic heterocycles. The normalized spacial score (nSPS) is 12.8. The number of fused-ring (bicyclic) bond motifs is 6. The summed E-state index contributed by atoms with van der Waals surface area (Å²) in [5, 5.41) is 15.1. The van der Waals surface area contributed by atoms with Gasteiger partial charge in [0.15, 0.2) is 0 Å². The SMILES string of the molecule is CCCCCCc1cccc2c1-c1c(cc3cc4cc[nH]cc-4c3c1CC=NO)C2. The highest BCUT2D eigenvalue weighted by Gasteiger charge is 2.27. The number of oxime groups is 1. The van der Waals surface area contributed by atoms with Crippen LogP contribution >= 0.6 is 0 Å². The fourth-order valence-electron chi connectivity index (χ4n) is 5.27. The average molecular weight is 397 g/mol. The zero-order valence-electron chi connectivity index (χ0n) is 17.5. The van der Waals surface area contributed by atoms with Crippen molar-refractivity contribution < 1.29 is 5.21 Å². The van der Waals surface area contributed by atoms with Crippen molar-refractivity contribution in [3.8, 4) is 22.3 Å². The Hall–Kier alpha value is -3.07. The molecule has 0 atom stereocenters. The summed E-state index contributed by atoms with van der Waals surface area (Å²) in [5.41, 5.74) is 10.9. The van der Waals surface area contributed by atoms with E-state index in [1.165, 1.54) is 81.0 Å². The number of hydrogen-bond donors (Lipinski definition) is 2. The van der Waals surface area contributed by atoms with Crippen LogP contribution in [0.15, 0.2) is 53.9 Å². The van der Waals surface area contributed by atoms with Crippen LogP contribution in [0.3, 0.4) is 0 Å². The highest BCUT2D eigenvalue weighted by atomic mass is 16.4. The van der Waals surface area contributed by atoms with Crippen molar-refractivity contribution in [1.29, 1.82) is 0 Å². The van der Waals surface area contributed by atoms with Gasteiger partial charge < -0.3 is 10.2 Å². The smallest absolute Gasteiger partial charge is 0.0480 e. The standard InChI is InChI=1S/C27H28N2O/c1-2-3-4-5-7-18-8-6-9-20-15-22-16-21-14-19-10-12-28-17-24(19)26(21)23(11-13-29-30)27(22)25(18)20/h6,8-10,12-14,16-17,28,30H,2-5,7,11,15H2,1H3. The molecule has 30 heavy (non-hydrogen) atoms. The van der Waals surface area contributed by atoms with Gasteiger partial charge in [-0.3, -0.25) is 0 Å². The van der Waals surface area contributed by atoms with E-state index in [4.69, 9.17) is 0 Å². The van der Waals surface area contributed by atoms with Gasteiger partial charge in [0.2, 0.25) is 0 Å². The van der Waals surface area contributed by atoms with Crippen LogP contribution in [0.25, 0.3) is 33.0 Å². The molecule has 2 N–H and O–H groups in total. The number of aromatic nitrogens is 1. The Morgan fingerprint density at radius 1 is 1.07 bits per heavy atom. The van der Waals surface area contributed by atoms with Crippen LogP contribution in [0.1, 0.15) is 54.9 Å². The lowest BCUT2D eigenvalue weighted by atomic mass is 9.89. The average Bonchev–Trinajstić information content (AvgIpc) is 3.32. The second-order valence-electron chi connectivity index (χ2n) is 8.45. The van der Waals surface area contributed by atoms with Gasteiger partial charge in [-0.05, 0) is 81.1 Å². The molecule has 3 aliphatic rings. The van der Waals surface area contributed by atoms with E-state index in [2.05, 4.69) is 59.7 Å². The molecular formula is C27H28N2O. The molecule has 0 aromatic heterocycles. The first-order chi connectivity index (χ1) is 14.8. The Morgan fingerprint density at radius 2 is 2.00 bits per heavy atom. The molecule has 2 aromatic rings. The van der Waals surface area contributed by atoms with Gasteiger partial charge >= 0.3 is 0 Å². The van der Waals surface area contributed by atoms with Crippen molar-refractivity contribution in [2.75, 3.05) is 0 Å². The molecule has 5 rings (SSSR count). The van der Waals surface area contributed by atoms with Crippen molar-refractivity contribution in [2.24, 2.45) is 5.16 Å². The summed E-state index contributed by atoms with van der Waals surface area (Å²) in [6.07, 6.45) is 13.5. The maximum Gasteiger partial charge on any atom is 0.0480 e. The Labute approximate surface area is 177 Å². The summed E-state index contributed by atoms with van der Waals surface area (Å²) in [6.45, 7) is 2.26. The van der Waals surface area contributed by atoms with Gasteiger partial charge in [-0.1, -0.05) is 50.5 Å².